The van der Waals surface area contributed by atoms with Gasteiger partial charge in [-0.05, 0) is 57.6 Å². The third-order valence-electron chi connectivity index (χ3n) is 5.95. The summed E-state index contributed by atoms with van der Waals surface area (Å²) in [5, 5.41) is 10.1. The molecule has 2 fully saturated rings. The van der Waals surface area contributed by atoms with Gasteiger partial charge in [-0.3, -0.25) is 4.99 Å². The van der Waals surface area contributed by atoms with E-state index in [1.54, 1.807) is 0 Å². The molecule has 3 N–H and O–H groups in total. The Kier molecular flexibility index (Phi) is 5.87. The van der Waals surface area contributed by atoms with Crippen molar-refractivity contribution in [1.29, 1.82) is 0 Å². The first kappa shape index (κ1) is 19.3. The van der Waals surface area contributed by atoms with E-state index in [4.69, 9.17) is 20.8 Å². The fraction of sp³-hybridized carbons (Fsp3) is 0.591. The Labute approximate surface area is 166 Å². The van der Waals surface area contributed by atoms with Crippen LogP contribution in [0.4, 0.5) is 5.82 Å². The largest absolute Gasteiger partial charge is 0.396 e. The van der Waals surface area contributed by atoms with Crippen molar-refractivity contribution in [2.45, 2.75) is 57.4 Å². The van der Waals surface area contributed by atoms with Crippen LogP contribution in [0.3, 0.4) is 0 Å². The molecule has 1 atom stereocenters. The molecule has 1 aromatic heterocycles. The van der Waals surface area contributed by atoms with E-state index >= 15 is 0 Å². The number of anilines is 1. The number of rotatable bonds is 5. The number of aromatic nitrogens is 2. The molecular weight excluding hydrogens is 350 g/mol. The van der Waals surface area contributed by atoms with Crippen LogP contribution in [0.1, 0.15) is 55.8 Å². The van der Waals surface area contributed by atoms with Crippen molar-refractivity contribution in [3.05, 3.63) is 29.6 Å². The standard InChI is InChI=1S/C22H31N5O/c1-15-3-8-20-19(13-15)22(27-11-9-17(23)14-27)26-21(25-20)16-4-6-18(7-5-16)24-10-2-12-28/h3,8,13,16-17,28H,2,4-7,9-12,14,23H2,1H3/t16?,17-/m0/s1. The summed E-state index contributed by atoms with van der Waals surface area (Å²) in [5.41, 5.74) is 9.72. The Hall–Kier alpha value is -2.05. The second kappa shape index (κ2) is 8.53. The zero-order chi connectivity index (χ0) is 19.5. The number of hydrogen-bond acceptors (Lipinski definition) is 6. The fourth-order valence-corrected chi connectivity index (χ4v) is 4.32. The molecule has 2 heterocycles. The average molecular weight is 382 g/mol. The van der Waals surface area contributed by atoms with Crippen molar-refractivity contribution in [1.82, 2.24) is 9.97 Å². The predicted molar refractivity (Wildman–Crippen MR) is 114 cm³/mol. The van der Waals surface area contributed by atoms with Crippen molar-refractivity contribution < 1.29 is 5.11 Å². The Morgan fingerprint density at radius 2 is 2.04 bits per heavy atom. The van der Waals surface area contributed by atoms with E-state index in [0.717, 1.165) is 80.7 Å². The highest BCUT2D eigenvalue weighted by molar-refractivity contribution is 5.90. The minimum atomic E-state index is 0.215. The van der Waals surface area contributed by atoms with Gasteiger partial charge in [0.25, 0.3) is 0 Å². The van der Waals surface area contributed by atoms with Crippen LogP contribution >= 0.6 is 0 Å². The molecule has 6 heteroatoms. The predicted octanol–water partition coefficient (Wildman–Crippen LogP) is 2.96. The summed E-state index contributed by atoms with van der Waals surface area (Å²) in [5.74, 6) is 2.41. The number of benzene rings is 1. The maximum Gasteiger partial charge on any atom is 0.140 e. The normalized spacial score (nSPS) is 22.8. The Morgan fingerprint density at radius 1 is 1.21 bits per heavy atom. The smallest absolute Gasteiger partial charge is 0.140 e. The number of fused-ring (bicyclic) bond motifs is 1. The average Bonchev–Trinajstić information content (AvgIpc) is 3.14. The maximum atomic E-state index is 8.92. The van der Waals surface area contributed by atoms with E-state index in [2.05, 4.69) is 35.0 Å². The van der Waals surface area contributed by atoms with Crippen LogP contribution in [-0.2, 0) is 0 Å². The molecule has 0 amide bonds. The number of aryl methyl sites for hydroxylation is 1. The molecule has 1 aliphatic heterocycles. The number of nitrogens with two attached hydrogens (primary N) is 1. The summed E-state index contributed by atoms with van der Waals surface area (Å²) in [7, 11) is 0. The summed E-state index contributed by atoms with van der Waals surface area (Å²) >= 11 is 0. The lowest BCUT2D eigenvalue weighted by molar-refractivity contribution is 0.291. The van der Waals surface area contributed by atoms with Gasteiger partial charge >= 0.3 is 0 Å². The summed E-state index contributed by atoms with van der Waals surface area (Å²) in [6.45, 7) is 4.90. The van der Waals surface area contributed by atoms with Crippen molar-refractivity contribution >= 4 is 22.4 Å². The van der Waals surface area contributed by atoms with E-state index in [0.29, 0.717) is 5.92 Å². The molecule has 4 rings (SSSR count). The van der Waals surface area contributed by atoms with E-state index < -0.39 is 0 Å². The SMILES string of the molecule is Cc1ccc2nc(C3CCC(=NCCCO)CC3)nc(N3CC[C@H](N)C3)c2c1. The highest BCUT2D eigenvalue weighted by Crippen LogP contribution is 2.34. The van der Waals surface area contributed by atoms with Gasteiger partial charge < -0.3 is 15.7 Å². The van der Waals surface area contributed by atoms with E-state index in [1.165, 1.54) is 11.3 Å². The Bertz CT molecular complexity index is 855. The minimum absolute atomic E-state index is 0.215. The maximum absolute atomic E-state index is 8.92. The van der Waals surface area contributed by atoms with Crippen LogP contribution in [-0.4, -0.2) is 53.1 Å². The van der Waals surface area contributed by atoms with E-state index in [9.17, 15) is 0 Å². The third kappa shape index (κ3) is 4.18. The Balaban J connectivity index is 1.60. The van der Waals surface area contributed by atoms with Gasteiger partial charge in [0.15, 0.2) is 0 Å². The van der Waals surface area contributed by atoms with Crippen LogP contribution in [0.2, 0.25) is 0 Å². The molecule has 1 aromatic carbocycles. The number of aliphatic hydroxyl groups is 1. The van der Waals surface area contributed by atoms with Crippen LogP contribution in [0.15, 0.2) is 23.2 Å². The van der Waals surface area contributed by atoms with Crippen molar-refractivity contribution in [2.24, 2.45) is 10.7 Å². The fourth-order valence-electron chi connectivity index (χ4n) is 4.32. The lowest BCUT2D eigenvalue weighted by Gasteiger charge is -2.25. The summed E-state index contributed by atoms with van der Waals surface area (Å²) in [4.78, 5) is 17.0. The second-order valence-corrected chi connectivity index (χ2v) is 8.22. The van der Waals surface area contributed by atoms with Gasteiger partial charge in [0, 0.05) is 49.3 Å². The van der Waals surface area contributed by atoms with Gasteiger partial charge in [-0.25, -0.2) is 9.97 Å². The molecule has 1 saturated carbocycles. The monoisotopic (exact) mass is 381 g/mol. The molecule has 0 unspecified atom stereocenters. The van der Waals surface area contributed by atoms with Crippen molar-refractivity contribution in [3.63, 3.8) is 0 Å². The number of hydrogen-bond donors (Lipinski definition) is 2. The first-order valence-electron chi connectivity index (χ1n) is 10.6. The molecule has 0 bridgehead atoms. The van der Waals surface area contributed by atoms with E-state index in [1.807, 2.05) is 0 Å². The quantitative estimate of drug-likeness (QED) is 0.778. The minimum Gasteiger partial charge on any atom is -0.396 e. The molecule has 28 heavy (non-hydrogen) atoms. The molecule has 1 saturated heterocycles. The number of aliphatic imine (C=N–C) groups is 1. The molecular formula is C22H31N5O. The Morgan fingerprint density at radius 3 is 2.75 bits per heavy atom. The lowest BCUT2D eigenvalue weighted by Crippen LogP contribution is -2.27. The summed E-state index contributed by atoms with van der Waals surface area (Å²) < 4.78 is 0. The van der Waals surface area contributed by atoms with Gasteiger partial charge in [0.05, 0.1) is 5.52 Å². The van der Waals surface area contributed by atoms with Gasteiger partial charge in [0.1, 0.15) is 11.6 Å². The van der Waals surface area contributed by atoms with Crippen LogP contribution < -0.4 is 10.6 Å². The van der Waals surface area contributed by atoms with Crippen LogP contribution in [0, 0.1) is 6.92 Å². The molecule has 2 aliphatic rings. The van der Waals surface area contributed by atoms with Crippen LogP contribution in [0.5, 0.6) is 0 Å². The van der Waals surface area contributed by atoms with Gasteiger partial charge in [-0.2, -0.15) is 0 Å². The highest BCUT2D eigenvalue weighted by Gasteiger charge is 2.26. The molecule has 6 nitrogen and oxygen atoms in total. The molecule has 150 valence electrons. The third-order valence-corrected chi connectivity index (χ3v) is 5.95. The first-order chi connectivity index (χ1) is 13.6. The number of nitrogens with zero attached hydrogens (tertiary/aromatic N) is 4. The van der Waals surface area contributed by atoms with Gasteiger partial charge in [-0.15, -0.1) is 0 Å². The highest BCUT2D eigenvalue weighted by atomic mass is 16.3. The molecule has 0 spiro atoms. The molecule has 1 aliphatic carbocycles. The summed E-state index contributed by atoms with van der Waals surface area (Å²) in [6, 6.07) is 6.68. The number of aliphatic hydroxyl groups excluding tert-OH is 1. The topological polar surface area (TPSA) is 87.6 Å². The first-order valence-corrected chi connectivity index (χ1v) is 10.6. The van der Waals surface area contributed by atoms with Crippen molar-refractivity contribution in [3.8, 4) is 0 Å². The van der Waals surface area contributed by atoms with Crippen molar-refractivity contribution in [2.75, 3.05) is 31.1 Å². The van der Waals surface area contributed by atoms with Crippen LogP contribution in [0.25, 0.3) is 10.9 Å². The zero-order valence-electron chi connectivity index (χ0n) is 16.8. The lowest BCUT2D eigenvalue weighted by atomic mass is 9.87. The molecule has 2 aromatic rings. The van der Waals surface area contributed by atoms with Gasteiger partial charge in [0.2, 0.25) is 0 Å². The summed E-state index contributed by atoms with van der Waals surface area (Å²) in [6.07, 6.45) is 5.89. The van der Waals surface area contributed by atoms with Gasteiger partial charge in [-0.1, -0.05) is 11.6 Å². The molecule has 0 radical (unpaired) electrons. The second-order valence-electron chi connectivity index (χ2n) is 8.22. The van der Waals surface area contributed by atoms with E-state index in [-0.39, 0.29) is 12.6 Å². The zero-order valence-corrected chi connectivity index (χ0v) is 16.8.